The Morgan fingerprint density at radius 1 is 0.400 bits per heavy atom. The van der Waals surface area contributed by atoms with Gasteiger partial charge in [-0.1, -0.05) is 24.3 Å². The molecule has 0 bridgehead atoms. The first-order chi connectivity index (χ1) is 19.8. The molecule has 0 atom stereocenters. The van der Waals surface area contributed by atoms with Gasteiger partial charge < -0.3 is 0 Å². The molecule has 190 valence electrons. The molecule has 0 aliphatic heterocycles. The minimum absolute atomic E-state index is 0.964. The van der Waals surface area contributed by atoms with Crippen LogP contribution in [0.3, 0.4) is 0 Å². The van der Waals surface area contributed by atoms with Crippen LogP contribution in [0.2, 0.25) is 0 Å². The second kappa shape index (κ2) is 9.07. The number of nitrogens with zero attached hydrogens (tertiary/aromatic N) is 4. The summed E-state index contributed by atoms with van der Waals surface area (Å²) in [5, 5.41) is 2.60. The highest BCUT2D eigenvalue weighted by atomic mass is 32.1. The van der Waals surface area contributed by atoms with Gasteiger partial charge in [-0.05, 0) is 71.4 Å². The van der Waals surface area contributed by atoms with Crippen LogP contribution in [0.1, 0.15) is 0 Å². The fraction of sp³-hybridized carbons (Fsp3) is 0. The monoisotopic (exact) mass is 622 g/mol. The van der Waals surface area contributed by atoms with Crippen molar-refractivity contribution < 1.29 is 0 Å². The lowest BCUT2D eigenvalue weighted by atomic mass is 10.1. The van der Waals surface area contributed by atoms with E-state index in [-0.39, 0.29) is 0 Å². The molecule has 40 heavy (non-hydrogen) atoms. The molecule has 4 nitrogen and oxygen atoms in total. The van der Waals surface area contributed by atoms with Gasteiger partial charge in [0.05, 0.1) is 23.5 Å². The summed E-state index contributed by atoms with van der Waals surface area (Å²) >= 11 is 9.93. The van der Waals surface area contributed by atoms with Crippen molar-refractivity contribution in [3.05, 3.63) is 84.9 Å². The molecule has 0 amide bonds. The van der Waals surface area contributed by atoms with E-state index in [0.717, 1.165) is 33.2 Å². The quantitative estimate of drug-likeness (QED) is 0.196. The van der Waals surface area contributed by atoms with Crippen LogP contribution in [0.4, 0.5) is 0 Å². The standard InChI is InChI=1S/C30H14N4S6/c1-3-17(29-19(5-1)31-39-33-29)21-7-9-23(35-21)27-13-15-11-26-16(12-25(15)37-27)14-28(38-26)24-10-8-22(36-24)18-4-2-6-20-30(18)34-40-32-20/h1-14H. The summed E-state index contributed by atoms with van der Waals surface area (Å²) < 4.78 is 20.5. The molecule has 10 heteroatoms. The Bertz CT molecular complexity index is 2150. The molecule has 9 aromatic rings. The van der Waals surface area contributed by atoms with Gasteiger partial charge in [-0.15, -0.1) is 45.3 Å². The molecular weight excluding hydrogens is 609 g/mol. The van der Waals surface area contributed by atoms with E-state index in [0.29, 0.717) is 0 Å². The lowest BCUT2D eigenvalue weighted by Crippen LogP contribution is -1.75. The van der Waals surface area contributed by atoms with Crippen LogP contribution >= 0.6 is 68.8 Å². The lowest BCUT2D eigenvalue weighted by Gasteiger charge is -1.97. The summed E-state index contributed by atoms with van der Waals surface area (Å²) in [6.07, 6.45) is 0. The third kappa shape index (κ3) is 3.72. The predicted octanol–water partition coefficient (Wildman–Crippen LogP) is 10.9. The SMILES string of the molecule is c1cc(-c2ccc(-c3cc4cc5sc(-c6ccc(-c7cccc8nsnc78)s6)cc5cc4s3)s2)c2nsnc2c1. The van der Waals surface area contributed by atoms with Gasteiger partial charge in [-0.3, -0.25) is 0 Å². The minimum atomic E-state index is 0.964. The van der Waals surface area contributed by atoms with Gasteiger partial charge in [-0.25, -0.2) is 0 Å². The first-order valence-electron chi connectivity index (χ1n) is 12.4. The highest BCUT2D eigenvalue weighted by Gasteiger charge is 2.15. The Balaban J connectivity index is 1.06. The molecule has 0 unspecified atom stereocenters. The molecule has 6 aromatic heterocycles. The maximum Gasteiger partial charge on any atom is 0.113 e. The third-order valence-corrected chi connectivity index (χ3v) is 12.9. The van der Waals surface area contributed by atoms with Crippen molar-refractivity contribution in [1.29, 1.82) is 0 Å². The number of rotatable bonds is 4. The average Bonchev–Trinajstić information content (AvgIpc) is 3.81. The first-order valence-corrected chi connectivity index (χ1v) is 17.1. The first kappa shape index (κ1) is 23.3. The van der Waals surface area contributed by atoms with Gasteiger partial charge >= 0.3 is 0 Å². The topological polar surface area (TPSA) is 51.6 Å². The van der Waals surface area contributed by atoms with Crippen molar-refractivity contribution in [3.8, 4) is 40.4 Å². The van der Waals surface area contributed by atoms with Crippen LogP contribution in [-0.2, 0) is 0 Å². The Kier molecular flexibility index (Phi) is 5.29. The third-order valence-electron chi connectivity index (χ3n) is 6.96. The zero-order chi connectivity index (χ0) is 26.2. The van der Waals surface area contributed by atoms with Crippen LogP contribution in [0.5, 0.6) is 0 Å². The Labute approximate surface area is 252 Å². The zero-order valence-corrected chi connectivity index (χ0v) is 25.2. The highest BCUT2D eigenvalue weighted by molar-refractivity contribution is 7.28. The number of hydrogen-bond donors (Lipinski definition) is 0. The molecule has 0 spiro atoms. The van der Waals surface area contributed by atoms with Gasteiger partial charge in [0.2, 0.25) is 0 Å². The number of thiophene rings is 4. The molecule has 0 radical (unpaired) electrons. The second-order valence-electron chi connectivity index (χ2n) is 9.35. The summed E-state index contributed by atoms with van der Waals surface area (Å²) in [5.74, 6) is 0. The van der Waals surface area contributed by atoms with E-state index in [1.165, 1.54) is 72.9 Å². The normalized spacial score (nSPS) is 12.0. The maximum atomic E-state index is 4.53. The summed E-state index contributed by atoms with van der Waals surface area (Å²) in [6.45, 7) is 0. The summed E-state index contributed by atoms with van der Waals surface area (Å²) in [4.78, 5) is 7.65. The van der Waals surface area contributed by atoms with Crippen LogP contribution in [0.15, 0.2) is 84.9 Å². The number of benzene rings is 3. The Morgan fingerprint density at radius 2 is 0.875 bits per heavy atom. The molecule has 0 saturated heterocycles. The van der Waals surface area contributed by atoms with Crippen LogP contribution < -0.4 is 0 Å². The van der Waals surface area contributed by atoms with Gasteiger partial charge in [0.15, 0.2) is 0 Å². The van der Waals surface area contributed by atoms with E-state index in [4.69, 9.17) is 0 Å². The molecule has 0 aliphatic rings. The second-order valence-corrected chi connectivity index (χ2v) is 14.7. The molecule has 0 N–H and O–H groups in total. The Hall–Kier alpha value is -3.38. The van der Waals surface area contributed by atoms with Gasteiger partial charge in [0.25, 0.3) is 0 Å². The molecule has 3 aromatic carbocycles. The summed E-state index contributed by atoms with van der Waals surface area (Å²) in [5.41, 5.74) is 6.23. The molecule has 6 heterocycles. The van der Waals surface area contributed by atoms with Crippen LogP contribution in [0, 0.1) is 0 Å². The smallest absolute Gasteiger partial charge is 0.113 e. The van der Waals surface area contributed by atoms with E-state index < -0.39 is 0 Å². The van der Waals surface area contributed by atoms with Crippen LogP contribution in [0.25, 0.3) is 82.6 Å². The molecular formula is C30H14N4S6. The van der Waals surface area contributed by atoms with E-state index >= 15 is 0 Å². The van der Waals surface area contributed by atoms with E-state index in [2.05, 4.69) is 90.3 Å². The Morgan fingerprint density at radius 3 is 1.38 bits per heavy atom. The van der Waals surface area contributed by atoms with E-state index in [1.54, 1.807) is 0 Å². The fourth-order valence-corrected chi connectivity index (χ4v) is 10.6. The van der Waals surface area contributed by atoms with Crippen molar-refractivity contribution in [1.82, 2.24) is 17.5 Å². The van der Waals surface area contributed by atoms with Gasteiger partial charge in [0.1, 0.15) is 22.1 Å². The van der Waals surface area contributed by atoms with Crippen molar-refractivity contribution >= 4 is 111 Å². The largest absolute Gasteiger partial charge is 0.173 e. The number of hydrogen-bond acceptors (Lipinski definition) is 10. The van der Waals surface area contributed by atoms with Crippen molar-refractivity contribution in [3.63, 3.8) is 0 Å². The summed E-state index contributed by atoms with van der Waals surface area (Å²) in [7, 11) is 0. The number of aromatic nitrogens is 4. The van der Waals surface area contributed by atoms with Crippen LogP contribution in [-0.4, -0.2) is 17.5 Å². The summed E-state index contributed by atoms with van der Waals surface area (Å²) in [6, 6.07) is 30.7. The minimum Gasteiger partial charge on any atom is -0.173 e. The molecule has 0 saturated carbocycles. The zero-order valence-electron chi connectivity index (χ0n) is 20.3. The van der Waals surface area contributed by atoms with E-state index in [9.17, 15) is 0 Å². The van der Waals surface area contributed by atoms with E-state index in [1.807, 2.05) is 57.5 Å². The molecule has 0 aliphatic carbocycles. The predicted molar refractivity (Wildman–Crippen MR) is 177 cm³/mol. The van der Waals surface area contributed by atoms with Gasteiger partial charge in [-0.2, -0.15) is 17.5 Å². The van der Waals surface area contributed by atoms with Gasteiger partial charge in [0, 0.05) is 49.8 Å². The highest BCUT2D eigenvalue weighted by Crippen LogP contribution is 2.45. The molecule has 9 rings (SSSR count). The van der Waals surface area contributed by atoms with Crippen molar-refractivity contribution in [2.45, 2.75) is 0 Å². The van der Waals surface area contributed by atoms with Crippen molar-refractivity contribution in [2.75, 3.05) is 0 Å². The number of fused-ring (bicyclic) bond motifs is 4. The van der Waals surface area contributed by atoms with Crippen molar-refractivity contribution in [2.24, 2.45) is 0 Å². The maximum absolute atomic E-state index is 4.53. The molecule has 0 fully saturated rings. The fourth-order valence-electron chi connectivity index (χ4n) is 5.06. The average molecular weight is 623 g/mol. The lowest BCUT2D eigenvalue weighted by molar-refractivity contribution is 1.64.